The van der Waals surface area contributed by atoms with Crippen LogP contribution in [-0.4, -0.2) is 36.1 Å². The predicted molar refractivity (Wildman–Crippen MR) is 103 cm³/mol. The Hall–Kier alpha value is -0.720. The van der Waals surface area contributed by atoms with E-state index < -0.39 is 20.5 Å². The molecule has 0 saturated heterocycles. The van der Waals surface area contributed by atoms with Crippen LogP contribution in [0, 0.1) is 0 Å². The lowest BCUT2D eigenvalue weighted by Crippen LogP contribution is -2.49. The summed E-state index contributed by atoms with van der Waals surface area (Å²) in [5.74, 6) is 0.0788. The number of halogens is 1. The maximum Gasteiger partial charge on any atom is 0.240 e. The molecule has 0 aliphatic carbocycles. The summed E-state index contributed by atoms with van der Waals surface area (Å²) in [5.41, 5.74) is 0.614. The maximum absolute atomic E-state index is 12.6. The van der Waals surface area contributed by atoms with Crippen LogP contribution in [0.25, 0.3) is 0 Å². The third-order valence-corrected chi connectivity index (χ3v) is 7.50. The molecule has 0 saturated carbocycles. The molecule has 136 valence electrons. The second kappa shape index (κ2) is 8.11. The number of thioether (sulfide) groups is 1. The van der Waals surface area contributed by atoms with Gasteiger partial charge in [-0.3, -0.25) is 4.79 Å². The molecule has 0 aliphatic rings. The summed E-state index contributed by atoms with van der Waals surface area (Å²) in [6.07, 6.45) is 0. The molecule has 1 aromatic rings. The molecule has 0 atom stereocenters. The molecule has 1 aromatic carbocycles. The fraction of sp³-hybridized carbons (Fsp3) is 0.588. The van der Waals surface area contributed by atoms with Crippen molar-refractivity contribution in [2.75, 3.05) is 12.3 Å². The molecule has 0 unspecified atom stereocenters. The van der Waals surface area contributed by atoms with E-state index in [9.17, 15) is 13.2 Å². The summed E-state index contributed by atoms with van der Waals surface area (Å²) in [7, 11) is -3.65. The summed E-state index contributed by atoms with van der Waals surface area (Å²) in [5, 5.41) is 3.28. The number of carbonyl (C=O) groups excluding carboxylic acids is 1. The molecule has 1 rings (SSSR count). The van der Waals surface area contributed by atoms with Gasteiger partial charge in [-0.2, -0.15) is 11.8 Å². The largest absolute Gasteiger partial charge is 0.354 e. The van der Waals surface area contributed by atoms with E-state index in [1.165, 1.54) is 13.8 Å². The SMILES string of the molecule is CC(C)(C)SCCNC(=O)C(C)(C)S(=O)(=O)Cc1ccc(Cl)cc1. The zero-order valence-corrected chi connectivity index (χ0v) is 17.2. The van der Waals surface area contributed by atoms with Gasteiger partial charge in [0.15, 0.2) is 9.84 Å². The van der Waals surface area contributed by atoms with Gasteiger partial charge in [-0.05, 0) is 31.5 Å². The zero-order valence-electron chi connectivity index (χ0n) is 14.8. The van der Waals surface area contributed by atoms with E-state index in [1.54, 1.807) is 36.0 Å². The van der Waals surface area contributed by atoms with Crippen LogP contribution in [0.4, 0.5) is 0 Å². The molecule has 0 radical (unpaired) electrons. The zero-order chi connectivity index (χ0) is 18.6. The van der Waals surface area contributed by atoms with Gasteiger partial charge in [-0.25, -0.2) is 8.42 Å². The van der Waals surface area contributed by atoms with Crippen LogP contribution in [0.15, 0.2) is 24.3 Å². The number of nitrogens with one attached hydrogen (secondary N) is 1. The molecular weight excluding hydrogens is 366 g/mol. The first-order valence-corrected chi connectivity index (χ1v) is 10.8. The highest BCUT2D eigenvalue weighted by molar-refractivity contribution is 8.00. The van der Waals surface area contributed by atoms with Crippen molar-refractivity contribution in [2.24, 2.45) is 0 Å². The van der Waals surface area contributed by atoms with E-state index in [0.29, 0.717) is 17.1 Å². The summed E-state index contributed by atoms with van der Waals surface area (Å²) in [6, 6.07) is 6.61. The van der Waals surface area contributed by atoms with E-state index in [1.807, 2.05) is 0 Å². The average molecular weight is 392 g/mol. The maximum atomic E-state index is 12.6. The minimum absolute atomic E-state index is 0.112. The molecule has 1 amide bonds. The van der Waals surface area contributed by atoms with Crippen LogP contribution in [0.1, 0.15) is 40.2 Å². The summed E-state index contributed by atoms with van der Waals surface area (Å²) >= 11 is 7.53. The van der Waals surface area contributed by atoms with E-state index in [4.69, 9.17) is 11.6 Å². The summed E-state index contributed by atoms with van der Waals surface area (Å²) in [6.45, 7) is 9.63. The highest BCUT2D eigenvalue weighted by Crippen LogP contribution is 2.24. The van der Waals surface area contributed by atoms with Gasteiger partial charge < -0.3 is 5.32 Å². The lowest BCUT2D eigenvalue weighted by Gasteiger charge is -2.24. The Morgan fingerprint density at radius 3 is 2.17 bits per heavy atom. The van der Waals surface area contributed by atoms with Crippen LogP contribution < -0.4 is 5.32 Å². The molecule has 0 heterocycles. The van der Waals surface area contributed by atoms with Crippen molar-refractivity contribution >= 4 is 39.1 Å². The average Bonchev–Trinajstić information content (AvgIpc) is 2.44. The number of sulfone groups is 1. The molecule has 0 aliphatic heterocycles. The Balaban J connectivity index is 2.70. The third-order valence-electron chi connectivity index (χ3n) is 3.52. The Morgan fingerprint density at radius 1 is 1.12 bits per heavy atom. The van der Waals surface area contributed by atoms with E-state index in [0.717, 1.165) is 5.75 Å². The highest BCUT2D eigenvalue weighted by Gasteiger charge is 2.41. The van der Waals surface area contributed by atoms with Gasteiger partial charge in [0, 0.05) is 22.1 Å². The van der Waals surface area contributed by atoms with Crippen LogP contribution in [0.3, 0.4) is 0 Å². The first-order valence-electron chi connectivity index (χ1n) is 7.74. The topological polar surface area (TPSA) is 63.2 Å². The number of hydrogen-bond donors (Lipinski definition) is 1. The minimum Gasteiger partial charge on any atom is -0.354 e. The Labute approximate surface area is 154 Å². The minimum atomic E-state index is -3.65. The number of hydrogen-bond acceptors (Lipinski definition) is 4. The Morgan fingerprint density at radius 2 is 1.67 bits per heavy atom. The third kappa shape index (κ3) is 6.30. The first-order chi connectivity index (χ1) is 10.8. The molecule has 1 N–H and O–H groups in total. The predicted octanol–water partition coefficient (Wildman–Crippen LogP) is 3.68. The molecule has 7 heteroatoms. The second-order valence-corrected chi connectivity index (χ2v) is 12.0. The quantitative estimate of drug-likeness (QED) is 0.720. The Kier molecular flexibility index (Phi) is 7.20. The number of carbonyl (C=O) groups is 1. The molecule has 0 aromatic heterocycles. The lowest BCUT2D eigenvalue weighted by atomic mass is 10.2. The smallest absolute Gasteiger partial charge is 0.240 e. The van der Waals surface area contributed by atoms with Gasteiger partial charge in [-0.1, -0.05) is 44.5 Å². The Bertz CT molecular complexity index is 662. The van der Waals surface area contributed by atoms with Gasteiger partial charge >= 0.3 is 0 Å². The molecular formula is C17H26ClNO3S2. The molecule has 0 fully saturated rings. The number of rotatable bonds is 7. The normalized spacial score (nSPS) is 12.9. The van der Waals surface area contributed by atoms with Crippen LogP contribution in [0.5, 0.6) is 0 Å². The van der Waals surface area contributed by atoms with E-state index in [-0.39, 0.29) is 10.5 Å². The molecule has 24 heavy (non-hydrogen) atoms. The molecule has 0 bridgehead atoms. The monoisotopic (exact) mass is 391 g/mol. The molecule has 0 spiro atoms. The van der Waals surface area contributed by atoms with Crippen molar-refractivity contribution in [3.05, 3.63) is 34.9 Å². The van der Waals surface area contributed by atoms with E-state index in [2.05, 4.69) is 26.1 Å². The molecule has 4 nitrogen and oxygen atoms in total. The van der Waals surface area contributed by atoms with Crippen molar-refractivity contribution in [3.8, 4) is 0 Å². The second-order valence-electron chi connectivity index (χ2n) is 7.11. The van der Waals surface area contributed by atoms with Gasteiger partial charge in [0.2, 0.25) is 5.91 Å². The first kappa shape index (κ1) is 21.3. The number of benzene rings is 1. The van der Waals surface area contributed by atoms with Gasteiger partial charge in [0.25, 0.3) is 0 Å². The van der Waals surface area contributed by atoms with E-state index >= 15 is 0 Å². The standard InChI is InChI=1S/C17H26ClNO3S2/c1-16(2,3)23-11-10-19-15(20)17(4,5)24(21,22)12-13-6-8-14(18)9-7-13/h6-9H,10-12H2,1-5H3,(H,19,20). The van der Waals surface area contributed by atoms with Crippen molar-refractivity contribution in [1.82, 2.24) is 5.32 Å². The number of amides is 1. The fourth-order valence-electron chi connectivity index (χ4n) is 1.86. The lowest BCUT2D eigenvalue weighted by molar-refractivity contribution is -0.122. The van der Waals surface area contributed by atoms with Crippen molar-refractivity contribution < 1.29 is 13.2 Å². The van der Waals surface area contributed by atoms with Gasteiger partial charge in [0.1, 0.15) is 4.75 Å². The van der Waals surface area contributed by atoms with Crippen molar-refractivity contribution in [3.63, 3.8) is 0 Å². The fourth-order valence-corrected chi connectivity index (χ4v) is 4.15. The van der Waals surface area contributed by atoms with Crippen molar-refractivity contribution in [1.29, 1.82) is 0 Å². The summed E-state index contributed by atoms with van der Waals surface area (Å²) in [4.78, 5) is 12.4. The van der Waals surface area contributed by atoms with Gasteiger partial charge in [0.05, 0.1) is 5.75 Å². The van der Waals surface area contributed by atoms with Crippen LogP contribution in [0.2, 0.25) is 5.02 Å². The van der Waals surface area contributed by atoms with Crippen LogP contribution in [-0.2, 0) is 20.4 Å². The van der Waals surface area contributed by atoms with Gasteiger partial charge in [-0.15, -0.1) is 0 Å². The summed E-state index contributed by atoms with van der Waals surface area (Å²) < 4.78 is 23.9. The van der Waals surface area contributed by atoms with Crippen molar-refractivity contribution in [2.45, 2.75) is 49.9 Å². The van der Waals surface area contributed by atoms with Crippen LogP contribution >= 0.6 is 23.4 Å². The highest BCUT2D eigenvalue weighted by atomic mass is 35.5.